The second kappa shape index (κ2) is 9.13. The number of benzene rings is 2. The lowest BCUT2D eigenvalue weighted by Crippen LogP contribution is -2.33. The van der Waals surface area contributed by atoms with Gasteiger partial charge in [0.2, 0.25) is 11.8 Å². The van der Waals surface area contributed by atoms with E-state index in [-0.39, 0.29) is 23.2 Å². The molecule has 30 heavy (non-hydrogen) atoms. The molecule has 2 amide bonds. The lowest BCUT2D eigenvalue weighted by Gasteiger charge is -2.13. The van der Waals surface area contributed by atoms with Gasteiger partial charge in [0.15, 0.2) is 0 Å². The quantitative estimate of drug-likeness (QED) is 0.655. The van der Waals surface area contributed by atoms with Gasteiger partial charge in [0.1, 0.15) is 18.0 Å². The Morgan fingerprint density at radius 3 is 2.33 bits per heavy atom. The molecule has 0 spiro atoms. The Labute approximate surface area is 172 Å². The topological polar surface area (TPSA) is 93.1 Å². The van der Waals surface area contributed by atoms with Gasteiger partial charge in [-0.25, -0.2) is 9.07 Å². The molecule has 2 aromatic carbocycles. The van der Waals surface area contributed by atoms with Gasteiger partial charge in [-0.15, -0.1) is 0 Å². The number of anilines is 2. The van der Waals surface area contributed by atoms with Gasteiger partial charge in [0.25, 0.3) is 5.56 Å². The summed E-state index contributed by atoms with van der Waals surface area (Å²) in [7, 11) is 0. The SMILES string of the molecule is CC(C)C(=O)Nc1cc(-c2ccccc2)nn(CC(=O)Nc2ccccc2F)c1=O. The average Bonchev–Trinajstić information content (AvgIpc) is 2.73. The van der Waals surface area contributed by atoms with Crippen molar-refractivity contribution in [2.45, 2.75) is 20.4 Å². The molecule has 0 saturated carbocycles. The van der Waals surface area contributed by atoms with Crippen LogP contribution in [0.2, 0.25) is 0 Å². The van der Waals surface area contributed by atoms with Crippen molar-refractivity contribution in [2.24, 2.45) is 5.92 Å². The number of carbonyl (C=O) groups is 2. The number of hydrogen-bond acceptors (Lipinski definition) is 4. The van der Waals surface area contributed by atoms with Crippen LogP contribution in [0.15, 0.2) is 65.5 Å². The van der Waals surface area contributed by atoms with E-state index in [1.807, 2.05) is 18.2 Å². The van der Waals surface area contributed by atoms with E-state index in [1.54, 1.807) is 32.0 Å². The van der Waals surface area contributed by atoms with Gasteiger partial charge in [0.05, 0.1) is 11.4 Å². The van der Waals surface area contributed by atoms with Crippen LogP contribution < -0.4 is 16.2 Å². The Kier molecular flexibility index (Phi) is 6.36. The maximum absolute atomic E-state index is 13.8. The highest BCUT2D eigenvalue weighted by molar-refractivity contribution is 5.93. The van der Waals surface area contributed by atoms with Gasteiger partial charge < -0.3 is 10.6 Å². The van der Waals surface area contributed by atoms with Gasteiger partial charge in [-0.3, -0.25) is 14.4 Å². The Balaban J connectivity index is 1.95. The molecule has 0 aliphatic rings. The third-order valence-corrected chi connectivity index (χ3v) is 4.27. The van der Waals surface area contributed by atoms with E-state index in [9.17, 15) is 18.8 Å². The van der Waals surface area contributed by atoms with Crippen molar-refractivity contribution in [3.05, 3.63) is 76.8 Å². The van der Waals surface area contributed by atoms with Crippen molar-refractivity contribution in [1.29, 1.82) is 0 Å². The van der Waals surface area contributed by atoms with E-state index in [0.29, 0.717) is 11.3 Å². The van der Waals surface area contributed by atoms with E-state index < -0.39 is 23.8 Å². The molecule has 0 saturated heterocycles. The molecule has 0 aliphatic carbocycles. The molecule has 7 nitrogen and oxygen atoms in total. The molecule has 1 heterocycles. The Morgan fingerprint density at radius 1 is 1.00 bits per heavy atom. The largest absolute Gasteiger partial charge is 0.322 e. The third-order valence-electron chi connectivity index (χ3n) is 4.27. The van der Waals surface area contributed by atoms with Crippen molar-refractivity contribution in [1.82, 2.24) is 9.78 Å². The van der Waals surface area contributed by atoms with Crippen LogP contribution in [0.25, 0.3) is 11.3 Å². The first-order valence-corrected chi connectivity index (χ1v) is 9.38. The Hall–Kier alpha value is -3.81. The molecule has 1 aromatic heterocycles. The first kappa shape index (κ1) is 20.9. The maximum Gasteiger partial charge on any atom is 0.291 e. The van der Waals surface area contributed by atoms with Crippen LogP contribution >= 0.6 is 0 Å². The van der Waals surface area contributed by atoms with Crippen LogP contribution in [0, 0.1) is 11.7 Å². The number of hydrogen-bond donors (Lipinski definition) is 2. The molecule has 2 N–H and O–H groups in total. The highest BCUT2D eigenvalue weighted by Crippen LogP contribution is 2.18. The average molecular weight is 408 g/mol. The summed E-state index contributed by atoms with van der Waals surface area (Å²) in [6.07, 6.45) is 0. The molecule has 0 atom stereocenters. The summed E-state index contributed by atoms with van der Waals surface area (Å²) in [5.74, 6) is -1.88. The number of para-hydroxylation sites is 1. The zero-order chi connectivity index (χ0) is 21.7. The number of aromatic nitrogens is 2. The van der Waals surface area contributed by atoms with E-state index in [1.165, 1.54) is 24.3 Å². The van der Waals surface area contributed by atoms with Gasteiger partial charge >= 0.3 is 0 Å². The van der Waals surface area contributed by atoms with Crippen LogP contribution in [0.1, 0.15) is 13.8 Å². The fourth-order valence-electron chi connectivity index (χ4n) is 2.65. The van der Waals surface area contributed by atoms with Crippen molar-refractivity contribution in [2.75, 3.05) is 10.6 Å². The van der Waals surface area contributed by atoms with Crippen molar-refractivity contribution in [3.63, 3.8) is 0 Å². The van der Waals surface area contributed by atoms with Crippen LogP contribution in [0.4, 0.5) is 15.8 Å². The summed E-state index contributed by atoms with van der Waals surface area (Å²) in [4.78, 5) is 37.3. The Bertz CT molecular complexity index is 1130. The van der Waals surface area contributed by atoms with Crippen LogP contribution in [0.5, 0.6) is 0 Å². The molecular formula is C22H21FN4O3. The molecule has 3 rings (SSSR count). The molecule has 8 heteroatoms. The fourth-order valence-corrected chi connectivity index (χ4v) is 2.65. The lowest BCUT2D eigenvalue weighted by molar-refractivity contribution is -0.119. The summed E-state index contributed by atoms with van der Waals surface area (Å²) in [6.45, 7) is 2.96. The smallest absolute Gasteiger partial charge is 0.291 e. The molecular weight excluding hydrogens is 387 g/mol. The molecule has 0 fully saturated rings. The van der Waals surface area contributed by atoms with Gasteiger partial charge in [-0.05, 0) is 18.2 Å². The van der Waals surface area contributed by atoms with E-state index >= 15 is 0 Å². The highest BCUT2D eigenvalue weighted by atomic mass is 19.1. The van der Waals surface area contributed by atoms with E-state index in [0.717, 1.165) is 4.68 Å². The summed E-state index contributed by atoms with van der Waals surface area (Å²) < 4.78 is 14.7. The minimum absolute atomic E-state index is 0.00287. The molecule has 0 aliphatic heterocycles. The zero-order valence-electron chi connectivity index (χ0n) is 16.6. The second-order valence-corrected chi connectivity index (χ2v) is 6.94. The summed E-state index contributed by atoms with van der Waals surface area (Å²) >= 11 is 0. The summed E-state index contributed by atoms with van der Waals surface area (Å²) in [5, 5.41) is 9.27. The van der Waals surface area contributed by atoms with Gasteiger partial charge in [-0.1, -0.05) is 56.3 Å². The molecule has 0 unspecified atom stereocenters. The monoisotopic (exact) mass is 408 g/mol. The highest BCUT2D eigenvalue weighted by Gasteiger charge is 2.16. The minimum atomic E-state index is -0.632. The molecule has 154 valence electrons. The number of rotatable bonds is 6. The Morgan fingerprint density at radius 2 is 1.67 bits per heavy atom. The predicted molar refractivity (Wildman–Crippen MR) is 112 cm³/mol. The van der Waals surface area contributed by atoms with Crippen LogP contribution in [0.3, 0.4) is 0 Å². The number of amides is 2. The number of nitrogens with zero attached hydrogens (tertiary/aromatic N) is 2. The maximum atomic E-state index is 13.8. The zero-order valence-corrected chi connectivity index (χ0v) is 16.6. The molecule has 0 bridgehead atoms. The summed E-state index contributed by atoms with van der Waals surface area (Å²) in [5.41, 5.74) is 0.505. The van der Waals surface area contributed by atoms with Gasteiger partial charge in [0, 0.05) is 11.5 Å². The third kappa shape index (κ3) is 4.96. The van der Waals surface area contributed by atoms with E-state index in [4.69, 9.17) is 0 Å². The van der Waals surface area contributed by atoms with Crippen LogP contribution in [-0.4, -0.2) is 21.6 Å². The number of halogens is 1. The molecule has 3 aromatic rings. The van der Waals surface area contributed by atoms with Crippen molar-refractivity contribution >= 4 is 23.2 Å². The lowest BCUT2D eigenvalue weighted by atomic mass is 10.1. The molecule has 0 radical (unpaired) electrons. The number of nitrogens with one attached hydrogen (secondary N) is 2. The van der Waals surface area contributed by atoms with Crippen molar-refractivity contribution in [3.8, 4) is 11.3 Å². The number of carbonyl (C=O) groups excluding carboxylic acids is 2. The van der Waals surface area contributed by atoms with E-state index in [2.05, 4.69) is 15.7 Å². The van der Waals surface area contributed by atoms with Gasteiger partial charge in [-0.2, -0.15) is 5.10 Å². The first-order chi connectivity index (χ1) is 14.3. The second-order valence-electron chi connectivity index (χ2n) is 6.94. The normalized spacial score (nSPS) is 10.7. The predicted octanol–water partition coefficient (Wildman–Crippen LogP) is 3.28. The standard InChI is InChI=1S/C22H21FN4O3/c1-14(2)21(29)25-19-12-18(15-8-4-3-5-9-15)26-27(22(19)30)13-20(28)24-17-11-7-6-10-16(17)23/h3-12,14H,13H2,1-2H3,(H,24,28)(H,25,29). The fraction of sp³-hybridized carbons (Fsp3) is 0.182. The first-order valence-electron chi connectivity index (χ1n) is 9.38. The minimum Gasteiger partial charge on any atom is -0.322 e. The van der Waals surface area contributed by atoms with Crippen LogP contribution in [-0.2, 0) is 16.1 Å². The summed E-state index contributed by atoms with van der Waals surface area (Å²) in [6, 6.07) is 16.2. The van der Waals surface area contributed by atoms with Crippen molar-refractivity contribution < 1.29 is 14.0 Å².